The van der Waals surface area contributed by atoms with E-state index in [-0.39, 0.29) is 23.6 Å². The number of benzene rings is 1. The van der Waals surface area contributed by atoms with E-state index in [2.05, 4.69) is 5.32 Å². The summed E-state index contributed by atoms with van der Waals surface area (Å²) in [5.74, 6) is -1.86. The lowest BCUT2D eigenvalue weighted by molar-refractivity contribution is -0.157. The van der Waals surface area contributed by atoms with Gasteiger partial charge in [-0.25, -0.2) is 4.39 Å². The first-order chi connectivity index (χ1) is 10.4. The molecule has 0 bridgehead atoms. The molecule has 2 rings (SSSR count). The Hall–Kier alpha value is -2.31. The Morgan fingerprint density at radius 2 is 1.91 bits per heavy atom. The van der Waals surface area contributed by atoms with Crippen molar-refractivity contribution in [1.82, 2.24) is 0 Å². The van der Waals surface area contributed by atoms with Crippen molar-refractivity contribution in [1.29, 1.82) is 0 Å². The van der Waals surface area contributed by atoms with E-state index in [9.17, 15) is 19.1 Å². The number of halogens is 1. The number of amides is 1. The molecule has 22 heavy (non-hydrogen) atoms. The lowest BCUT2D eigenvalue weighted by Gasteiger charge is -2.36. The van der Waals surface area contributed by atoms with Gasteiger partial charge in [0.25, 0.3) is 0 Å². The molecule has 6 nitrogen and oxygen atoms in total. The van der Waals surface area contributed by atoms with Crippen LogP contribution >= 0.6 is 0 Å². The van der Waals surface area contributed by atoms with Crippen molar-refractivity contribution in [3.63, 3.8) is 0 Å². The van der Waals surface area contributed by atoms with Crippen molar-refractivity contribution in [2.45, 2.75) is 25.7 Å². The van der Waals surface area contributed by atoms with Crippen LogP contribution in [0.2, 0.25) is 0 Å². The van der Waals surface area contributed by atoms with Crippen LogP contribution in [0.1, 0.15) is 25.7 Å². The van der Waals surface area contributed by atoms with Crippen molar-refractivity contribution < 1.29 is 28.6 Å². The zero-order valence-electron chi connectivity index (χ0n) is 12.4. The van der Waals surface area contributed by atoms with Crippen molar-refractivity contribution in [2.75, 3.05) is 19.5 Å². The SMILES string of the molecule is COc1cc(OC)c(NC(=O)CC2(C(=O)O)CCC2)cc1F. The topological polar surface area (TPSA) is 84.9 Å². The summed E-state index contributed by atoms with van der Waals surface area (Å²) < 4.78 is 23.7. The minimum Gasteiger partial charge on any atom is -0.494 e. The number of carboxylic acids is 1. The molecule has 1 aromatic rings. The number of aliphatic carboxylic acids is 1. The maximum absolute atomic E-state index is 13.7. The number of hydrogen-bond acceptors (Lipinski definition) is 4. The molecule has 0 unspecified atom stereocenters. The van der Waals surface area contributed by atoms with Gasteiger partial charge in [-0.1, -0.05) is 6.42 Å². The molecule has 1 aliphatic carbocycles. The first-order valence-electron chi connectivity index (χ1n) is 6.86. The Bertz CT molecular complexity index is 598. The Balaban J connectivity index is 2.14. The second-order valence-corrected chi connectivity index (χ2v) is 5.35. The zero-order valence-corrected chi connectivity index (χ0v) is 12.4. The summed E-state index contributed by atoms with van der Waals surface area (Å²) in [7, 11) is 2.70. The molecule has 0 spiro atoms. The number of anilines is 1. The molecule has 1 fully saturated rings. The van der Waals surface area contributed by atoms with Crippen LogP contribution < -0.4 is 14.8 Å². The second kappa shape index (κ2) is 6.21. The van der Waals surface area contributed by atoms with Gasteiger partial charge in [-0.15, -0.1) is 0 Å². The molecule has 0 saturated heterocycles. The molecule has 2 N–H and O–H groups in total. The normalized spacial score (nSPS) is 15.6. The molecule has 1 aromatic carbocycles. The van der Waals surface area contributed by atoms with E-state index >= 15 is 0 Å². The van der Waals surface area contributed by atoms with Gasteiger partial charge in [-0.3, -0.25) is 9.59 Å². The molecular weight excluding hydrogens is 293 g/mol. The highest BCUT2D eigenvalue weighted by Gasteiger charge is 2.45. The standard InChI is InChI=1S/C15H18FNO5/c1-21-11-7-12(22-2)10(6-9(11)16)17-13(18)8-15(14(19)20)4-3-5-15/h6-7H,3-5,8H2,1-2H3,(H,17,18)(H,19,20). The van der Waals surface area contributed by atoms with Crippen LogP contribution in [-0.4, -0.2) is 31.2 Å². The molecule has 0 heterocycles. The van der Waals surface area contributed by atoms with E-state index in [1.165, 1.54) is 20.3 Å². The highest BCUT2D eigenvalue weighted by atomic mass is 19.1. The minimum absolute atomic E-state index is 0.00384. The van der Waals surface area contributed by atoms with Crippen LogP contribution in [0.3, 0.4) is 0 Å². The molecular formula is C15H18FNO5. The molecule has 0 radical (unpaired) electrons. The third kappa shape index (κ3) is 2.98. The first kappa shape index (κ1) is 16.1. The van der Waals surface area contributed by atoms with Crippen molar-refractivity contribution in [3.8, 4) is 11.5 Å². The third-order valence-electron chi connectivity index (χ3n) is 4.01. The molecule has 0 aromatic heterocycles. The van der Waals surface area contributed by atoms with Crippen molar-refractivity contribution >= 4 is 17.6 Å². The Kier molecular flexibility index (Phi) is 4.54. The van der Waals surface area contributed by atoms with E-state index in [1.54, 1.807) is 0 Å². The number of carboxylic acid groups (broad SMARTS) is 1. The van der Waals surface area contributed by atoms with Crippen molar-refractivity contribution in [2.24, 2.45) is 5.41 Å². The first-order valence-corrected chi connectivity index (χ1v) is 6.86. The van der Waals surface area contributed by atoms with Crippen LogP contribution in [0, 0.1) is 11.2 Å². The van der Waals surface area contributed by atoms with Gasteiger partial charge >= 0.3 is 5.97 Å². The summed E-state index contributed by atoms with van der Waals surface area (Å²) in [6.07, 6.45) is 1.60. The van der Waals surface area contributed by atoms with E-state index in [4.69, 9.17) is 9.47 Å². The van der Waals surface area contributed by atoms with Gasteiger partial charge < -0.3 is 19.9 Å². The quantitative estimate of drug-likeness (QED) is 0.843. The van der Waals surface area contributed by atoms with Crippen LogP contribution in [0.15, 0.2) is 12.1 Å². The van der Waals surface area contributed by atoms with Gasteiger partial charge in [0.2, 0.25) is 5.91 Å². The number of nitrogens with one attached hydrogen (secondary N) is 1. The number of carbonyl (C=O) groups excluding carboxylic acids is 1. The van der Waals surface area contributed by atoms with Crippen LogP contribution in [0.5, 0.6) is 11.5 Å². The number of methoxy groups -OCH3 is 2. The lowest BCUT2D eigenvalue weighted by Crippen LogP contribution is -2.41. The Labute approximate surface area is 127 Å². The predicted molar refractivity (Wildman–Crippen MR) is 76.7 cm³/mol. The highest BCUT2D eigenvalue weighted by Crippen LogP contribution is 2.44. The summed E-state index contributed by atoms with van der Waals surface area (Å²) in [6.45, 7) is 0. The van der Waals surface area contributed by atoms with Crippen molar-refractivity contribution in [3.05, 3.63) is 17.9 Å². The molecule has 1 aliphatic rings. The molecule has 0 aliphatic heterocycles. The summed E-state index contributed by atoms with van der Waals surface area (Å²) in [4.78, 5) is 23.3. The maximum atomic E-state index is 13.7. The highest BCUT2D eigenvalue weighted by molar-refractivity contribution is 5.95. The zero-order chi connectivity index (χ0) is 16.3. The molecule has 1 amide bonds. The summed E-state index contributed by atoms with van der Waals surface area (Å²) in [5.41, 5.74) is -0.854. The van der Waals surface area contributed by atoms with Crippen LogP contribution in [0.25, 0.3) is 0 Å². The lowest BCUT2D eigenvalue weighted by atomic mass is 9.66. The predicted octanol–water partition coefficient (Wildman–Crippen LogP) is 2.43. The number of hydrogen-bond donors (Lipinski definition) is 2. The number of carbonyl (C=O) groups is 2. The van der Waals surface area contributed by atoms with Gasteiger partial charge in [0.05, 0.1) is 25.3 Å². The van der Waals surface area contributed by atoms with E-state index in [0.29, 0.717) is 12.8 Å². The van der Waals surface area contributed by atoms with Gasteiger partial charge in [-0.2, -0.15) is 0 Å². The van der Waals surface area contributed by atoms with Gasteiger partial charge in [0.15, 0.2) is 11.6 Å². The monoisotopic (exact) mass is 311 g/mol. The van der Waals surface area contributed by atoms with Gasteiger partial charge in [0.1, 0.15) is 5.75 Å². The largest absolute Gasteiger partial charge is 0.494 e. The number of ether oxygens (including phenoxy) is 2. The van der Waals surface area contributed by atoms with E-state index in [0.717, 1.165) is 12.5 Å². The summed E-state index contributed by atoms with van der Waals surface area (Å²) >= 11 is 0. The summed E-state index contributed by atoms with van der Waals surface area (Å²) in [5, 5.41) is 11.7. The maximum Gasteiger partial charge on any atom is 0.310 e. The molecule has 1 saturated carbocycles. The molecule has 0 atom stereocenters. The summed E-state index contributed by atoms with van der Waals surface area (Å²) in [6, 6.07) is 2.41. The average molecular weight is 311 g/mol. The average Bonchev–Trinajstić information content (AvgIpc) is 2.42. The van der Waals surface area contributed by atoms with E-state index in [1.807, 2.05) is 0 Å². The molecule has 7 heteroatoms. The fraction of sp³-hybridized carbons (Fsp3) is 0.467. The van der Waals surface area contributed by atoms with Crippen LogP contribution in [-0.2, 0) is 9.59 Å². The fourth-order valence-electron chi connectivity index (χ4n) is 2.53. The Morgan fingerprint density at radius 1 is 1.27 bits per heavy atom. The minimum atomic E-state index is -0.998. The van der Waals surface area contributed by atoms with Gasteiger partial charge in [0, 0.05) is 18.6 Å². The smallest absolute Gasteiger partial charge is 0.310 e. The molecule has 120 valence electrons. The number of rotatable bonds is 6. The fourth-order valence-corrected chi connectivity index (χ4v) is 2.53. The second-order valence-electron chi connectivity index (χ2n) is 5.35. The third-order valence-corrected chi connectivity index (χ3v) is 4.01. The van der Waals surface area contributed by atoms with Crippen LogP contribution in [0.4, 0.5) is 10.1 Å². The van der Waals surface area contributed by atoms with Gasteiger partial charge in [-0.05, 0) is 12.8 Å². The van der Waals surface area contributed by atoms with E-state index < -0.39 is 23.1 Å². The Morgan fingerprint density at radius 3 is 2.36 bits per heavy atom.